The van der Waals surface area contributed by atoms with Gasteiger partial charge < -0.3 is 10.1 Å². The smallest absolute Gasteiger partial charge is 0.256 e. The van der Waals surface area contributed by atoms with Crippen LogP contribution in [0.5, 0.6) is 5.88 Å². The molecule has 0 aromatic carbocycles. The quantitative estimate of drug-likeness (QED) is 0.884. The average Bonchev–Trinajstić information content (AvgIpc) is 3.29. The zero-order valence-corrected chi connectivity index (χ0v) is 14.0. The van der Waals surface area contributed by atoms with E-state index in [1.165, 1.54) is 24.8 Å². The average molecular weight is 331 g/mol. The Morgan fingerprint density at radius 1 is 1.39 bits per heavy atom. The number of carbonyl (C=O) groups excluding carboxylic acids is 1. The lowest BCUT2D eigenvalue weighted by Crippen LogP contribution is -2.36. The Morgan fingerprint density at radius 3 is 2.91 bits per heavy atom. The van der Waals surface area contributed by atoms with Crippen LogP contribution >= 0.6 is 11.3 Å². The summed E-state index contributed by atoms with van der Waals surface area (Å²) in [5.41, 5.74) is 0.473. The van der Waals surface area contributed by atoms with Gasteiger partial charge in [-0.05, 0) is 49.5 Å². The van der Waals surface area contributed by atoms with Crippen LogP contribution < -0.4 is 10.1 Å². The first kappa shape index (κ1) is 16.0. The van der Waals surface area contributed by atoms with Gasteiger partial charge in [-0.25, -0.2) is 4.98 Å². The third-order valence-corrected chi connectivity index (χ3v) is 5.09. The minimum atomic E-state index is -0.143. The first-order valence-electron chi connectivity index (χ1n) is 7.84. The number of pyridine rings is 1. The molecule has 0 spiro atoms. The molecule has 1 atom stereocenters. The van der Waals surface area contributed by atoms with Gasteiger partial charge in [-0.1, -0.05) is 6.07 Å². The molecule has 1 aliphatic heterocycles. The van der Waals surface area contributed by atoms with Gasteiger partial charge in [-0.2, -0.15) is 0 Å². The molecule has 122 valence electrons. The van der Waals surface area contributed by atoms with Gasteiger partial charge in [-0.3, -0.25) is 9.69 Å². The van der Waals surface area contributed by atoms with Crippen LogP contribution in [-0.4, -0.2) is 42.5 Å². The van der Waals surface area contributed by atoms with Crippen molar-refractivity contribution in [3.05, 3.63) is 46.3 Å². The highest BCUT2D eigenvalue weighted by molar-refractivity contribution is 7.10. The van der Waals surface area contributed by atoms with Crippen LogP contribution in [0.25, 0.3) is 0 Å². The number of amides is 1. The first-order chi connectivity index (χ1) is 11.3. The second-order valence-corrected chi connectivity index (χ2v) is 6.52. The molecule has 5 nitrogen and oxygen atoms in total. The second-order valence-electron chi connectivity index (χ2n) is 5.54. The molecule has 0 radical (unpaired) electrons. The highest BCUT2D eigenvalue weighted by Gasteiger charge is 2.25. The summed E-state index contributed by atoms with van der Waals surface area (Å²) in [5, 5.41) is 5.13. The summed E-state index contributed by atoms with van der Waals surface area (Å²) >= 11 is 1.74. The number of nitrogens with one attached hydrogen (secondary N) is 1. The summed E-state index contributed by atoms with van der Waals surface area (Å²) < 4.78 is 5.17. The lowest BCUT2D eigenvalue weighted by Gasteiger charge is -2.27. The van der Waals surface area contributed by atoms with Crippen molar-refractivity contribution in [2.45, 2.75) is 18.9 Å². The monoisotopic (exact) mass is 331 g/mol. The maximum absolute atomic E-state index is 12.5. The molecule has 23 heavy (non-hydrogen) atoms. The van der Waals surface area contributed by atoms with Crippen LogP contribution in [0, 0.1) is 0 Å². The number of likely N-dealkylation sites (tertiary alicyclic amines) is 1. The van der Waals surface area contributed by atoms with Crippen molar-refractivity contribution in [1.82, 2.24) is 15.2 Å². The molecular formula is C17H21N3O2S. The predicted octanol–water partition coefficient (Wildman–Crippen LogP) is 2.72. The summed E-state index contributed by atoms with van der Waals surface area (Å²) in [6.07, 6.45) is 4.08. The van der Waals surface area contributed by atoms with Crippen molar-refractivity contribution in [3.63, 3.8) is 0 Å². The van der Waals surface area contributed by atoms with E-state index in [4.69, 9.17) is 4.74 Å². The summed E-state index contributed by atoms with van der Waals surface area (Å²) in [4.78, 5) is 20.3. The van der Waals surface area contributed by atoms with Gasteiger partial charge >= 0.3 is 0 Å². The van der Waals surface area contributed by atoms with E-state index in [9.17, 15) is 4.79 Å². The van der Waals surface area contributed by atoms with Gasteiger partial charge in [-0.15, -0.1) is 11.3 Å². The Kier molecular flexibility index (Phi) is 5.25. The van der Waals surface area contributed by atoms with Crippen molar-refractivity contribution < 1.29 is 9.53 Å². The van der Waals surface area contributed by atoms with E-state index in [2.05, 4.69) is 32.7 Å². The van der Waals surface area contributed by atoms with E-state index in [0.717, 1.165) is 13.1 Å². The topological polar surface area (TPSA) is 54.5 Å². The van der Waals surface area contributed by atoms with Crippen LogP contribution in [0.15, 0.2) is 35.8 Å². The van der Waals surface area contributed by atoms with E-state index >= 15 is 0 Å². The first-order valence-corrected chi connectivity index (χ1v) is 8.72. The van der Waals surface area contributed by atoms with E-state index in [1.807, 2.05) is 0 Å². The number of rotatable bonds is 6. The Hall–Kier alpha value is -1.92. The van der Waals surface area contributed by atoms with Crippen LogP contribution in [0.1, 0.15) is 34.1 Å². The number of thiophene rings is 1. The van der Waals surface area contributed by atoms with Crippen LogP contribution in [-0.2, 0) is 0 Å². The van der Waals surface area contributed by atoms with E-state index in [-0.39, 0.29) is 11.9 Å². The molecule has 2 aromatic heterocycles. The lowest BCUT2D eigenvalue weighted by atomic mass is 10.2. The van der Waals surface area contributed by atoms with Crippen molar-refractivity contribution >= 4 is 17.2 Å². The molecule has 2 aromatic rings. The summed E-state index contributed by atoms with van der Waals surface area (Å²) in [6, 6.07) is 7.93. The molecule has 3 rings (SSSR count). The predicted molar refractivity (Wildman–Crippen MR) is 91.0 cm³/mol. The van der Waals surface area contributed by atoms with Gasteiger partial charge in [0.1, 0.15) is 5.56 Å². The molecule has 1 amide bonds. The largest absolute Gasteiger partial charge is 0.480 e. The number of carbonyl (C=O) groups is 1. The Balaban J connectivity index is 1.70. The number of nitrogens with zero attached hydrogens (tertiary/aromatic N) is 2. The van der Waals surface area contributed by atoms with Gasteiger partial charge in [0.25, 0.3) is 5.91 Å². The lowest BCUT2D eigenvalue weighted by molar-refractivity contribution is 0.0934. The highest BCUT2D eigenvalue weighted by atomic mass is 32.1. The normalized spacial score (nSPS) is 16.2. The van der Waals surface area contributed by atoms with E-state index in [1.54, 1.807) is 29.7 Å². The molecule has 1 unspecified atom stereocenters. The molecule has 0 bridgehead atoms. The molecule has 1 saturated heterocycles. The SMILES string of the molecule is COc1ncccc1C(=O)NCC(c1cccs1)N1CCCC1. The molecular weight excluding hydrogens is 310 g/mol. The number of aromatic nitrogens is 1. The third kappa shape index (κ3) is 3.71. The van der Waals surface area contributed by atoms with E-state index < -0.39 is 0 Å². The number of hydrogen-bond donors (Lipinski definition) is 1. The molecule has 1 N–H and O–H groups in total. The van der Waals surface area contributed by atoms with Crippen LogP contribution in [0.4, 0.5) is 0 Å². The van der Waals surface area contributed by atoms with Gasteiger partial charge in [0.15, 0.2) is 0 Å². The van der Waals surface area contributed by atoms with E-state index in [0.29, 0.717) is 18.0 Å². The standard InChI is InChI=1S/C17H21N3O2S/c1-22-17-13(6-4-8-18-17)16(21)19-12-14(15-7-5-11-23-15)20-9-2-3-10-20/h4-8,11,14H,2-3,9-10,12H2,1H3,(H,19,21). The minimum absolute atomic E-state index is 0.143. The van der Waals surface area contributed by atoms with Crippen molar-refractivity contribution in [2.75, 3.05) is 26.7 Å². The Labute approximate surface area is 140 Å². The molecule has 6 heteroatoms. The number of ether oxygens (including phenoxy) is 1. The zero-order valence-electron chi connectivity index (χ0n) is 13.2. The Morgan fingerprint density at radius 2 is 2.22 bits per heavy atom. The number of methoxy groups -OCH3 is 1. The van der Waals surface area contributed by atoms with Crippen molar-refractivity contribution in [3.8, 4) is 5.88 Å². The molecule has 0 aliphatic carbocycles. The molecule has 3 heterocycles. The van der Waals surface area contributed by atoms with Gasteiger partial charge in [0, 0.05) is 17.6 Å². The summed E-state index contributed by atoms with van der Waals surface area (Å²) in [7, 11) is 1.53. The summed E-state index contributed by atoms with van der Waals surface area (Å²) in [5.74, 6) is 0.217. The fraction of sp³-hybridized carbons (Fsp3) is 0.412. The fourth-order valence-corrected chi connectivity index (χ4v) is 3.82. The maximum Gasteiger partial charge on any atom is 0.256 e. The highest BCUT2D eigenvalue weighted by Crippen LogP contribution is 2.28. The fourth-order valence-electron chi connectivity index (χ4n) is 2.95. The zero-order chi connectivity index (χ0) is 16.1. The summed E-state index contributed by atoms with van der Waals surface area (Å²) in [6.45, 7) is 2.78. The maximum atomic E-state index is 12.5. The van der Waals surface area contributed by atoms with Crippen LogP contribution in [0.3, 0.4) is 0 Å². The van der Waals surface area contributed by atoms with Gasteiger partial charge in [0.05, 0.1) is 13.2 Å². The second kappa shape index (κ2) is 7.57. The van der Waals surface area contributed by atoms with Gasteiger partial charge in [0.2, 0.25) is 5.88 Å². The molecule has 1 fully saturated rings. The molecule has 0 saturated carbocycles. The van der Waals surface area contributed by atoms with Crippen molar-refractivity contribution in [1.29, 1.82) is 0 Å². The Bertz CT molecular complexity index is 639. The minimum Gasteiger partial charge on any atom is -0.480 e. The number of hydrogen-bond acceptors (Lipinski definition) is 5. The van der Waals surface area contributed by atoms with Crippen molar-refractivity contribution in [2.24, 2.45) is 0 Å². The third-order valence-electron chi connectivity index (χ3n) is 4.12. The van der Waals surface area contributed by atoms with Crippen LogP contribution in [0.2, 0.25) is 0 Å². The molecule has 1 aliphatic rings.